The van der Waals surface area contributed by atoms with Gasteiger partial charge in [0.1, 0.15) is 0 Å². The van der Waals surface area contributed by atoms with Crippen LogP contribution in [0.4, 0.5) is 0 Å². The topological polar surface area (TPSA) is 46.2 Å². The van der Waals surface area contributed by atoms with E-state index < -0.39 is 0 Å². The molecule has 0 aromatic rings. The van der Waals surface area contributed by atoms with Crippen molar-refractivity contribution < 1.29 is 5.11 Å². The third-order valence-corrected chi connectivity index (χ3v) is 5.16. The molecular weight excluding hydrogens is 198 g/mol. The summed E-state index contributed by atoms with van der Waals surface area (Å²) in [5, 5.41) is 10.5. The van der Waals surface area contributed by atoms with Crippen LogP contribution in [0.5, 0.6) is 0 Å². The van der Waals surface area contributed by atoms with Gasteiger partial charge in [-0.3, -0.25) is 0 Å². The largest absolute Gasteiger partial charge is 0.392 e. The molecule has 3 N–H and O–H groups in total. The molecule has 2 unspecified atom stereocenters. The predicted molar refractivity (Wildman–Crippen MR) is 67.1 cm³/mol. The third-order valence-electron chi connectivity index (χ3n) is 5.16. The highest BCUT2D eigenvalue weighted by molar-refractivity contribution is 5.02. The predicted octanol–water partition coefficient (Wildman–Crippen LogP) is 2.69. The molecule has 2 rings (SSSR count). The summed E-state index contributed by atoms with van der Waals surface area (Å²) in [4.78, 5) is 0. The van der Waals surface area contributed by atoms with Crippen molar-refractivity contribution in [1.82, 2.24) is 0 Å². The van der Waals surface area contributed by atoms with E-state index in [1.807, 2.05) is 0 Å². The summed E-state index contributed by atoms with van der Waals surface area (Å²) in [5.74, 6) is 0.826. The zero-order valence-electron chi connectivity index (χ0n) is 10.8. The molecule has 0 aromatic heterocycles. The quantitative estimate of drug-likeness (QED) is 0.775. The molecule has 0 spiro atoms. The molecule has 0 aromatic carbocycles. The zero-order chi connectivity index (χ0) is 11.8. The first kappa shape index (κ1) is 12.4. The van der Waals surface area contributed by atoms with Crippen molar-refractivity contribution in [2.45, 2.75) is 64.9 Å². The monoisotopic (exact) mass is 225 g/mol. The second-order valence-corrected chi connectivity index (χ2v) is 6.81. The second-order valence-electron chi connectivity index (χ2n) is 6.81. The maximum absolute atomic E-state index is 10.5. The summed E-state index contributed by atoms with van der Waals surface area (Å²) in [5.41, 5.74) is 6.09. The standard InChI is InChI=1S/C14H27NO/c1-13(2)7-8-14(10-15,12(13)16)9-11-5-3-4-6-11/h11-12,16H,3-10,15H2,1-2H3. The molecule has 2 aliphatic rings. The summed E-state index contributed by atoms with van der Waals surface area (Å²) in [6.07, 6.45) is 8.67. The van der Waals surface area contributed by atoms with E-state index in [0.717, 1.165) is 25.2 Å². The summed E-state index contributed by atoms with van der Waals surface area (Å²) in [6.45, 7) is 5.03. The fourth-order valence-electron chi connectivity index (χ4n) is 3.97. The Labute approximate surface area is 99.6 Å². The molecule has 2 heteroatoms. The number of hydrogen-bond donors (Lipinski definition) is 2. The lowest BCUT2D eigenvalue weighted by molar-refractivity contribution is -0.0167. The van der Waals surface area contributed by atoms with Crippen molar-refractivity contribution >= 4 is 0 Å². The fourth-order valence-corrected chi connectivity index (χ4v) is 3.97. The first-order valence-corrected chi connectivity index (χ1v) is 6.88. The van der Waals surface area contributed by atoms with Crippen molar-refractivity contribution in [2.75, 3.05) is 6.54 Å². The van der Waals surface area contributed by atoms with Crippen molar-refractivity contribution in [2.24, 2.45) is 22.5 Å². The van der Waals surface area contributed by atoms with Crippen LogP contribution in [0.2, 0.25) is 0 Å². The Morgan fingerprint density at radius 2 is 1.81 bits per heavy atom. The summed E-state index contributed by atoms with van der Waals surface area (Å²) >= 11 is 0. The molecule has 94 valence electrons. The molecule has 16 heavy (non-hydrogen) atoms. The van der Waals surface area contributed by atoms with E-state index in [2.05, 4.69) is 13.8 Å². The average Bonchev–Trinajstić information content (AvgIpc) is 2.82. The van der Waals surface area contributed by atoms with Gasteiger partial charge in [-0.25, -0.2) is 0 Å². The molecule has 2 aliphatic carbocycles. The Bertz CT molecular complexity index is 245. The van der Waals surface area contributed by atoms with Crippen LogP contribution in [-0.2, 0) is 0 Å². The first-order chi connectivity index (χ1) is 7.50. The molecule has 0 heterocycles. The van der Waals surface area contributed by atoms with Crippen LogP contribution in [0.25, 0.3) is 0 Å². The van der Waals surface area contributed by atoms with Gasteiger partial charge >= 0.3 is 0 Å². The normalized spacial score (nSPS) is 39.4. The van der Waals surface area contributed by atoms with E-state index in [4.69, 9.17) is 5.73 Å². The molecule has 2 fully saturated rings. The highest BCUT2D eigenvalue weighted by Crippen LogP contribution is 2.53. The smallest absolute Gasteiger partial charge is 0.0659 e. The van der Waals surface area contributed by atoms with Gasteiger partial charge in [0.2, 0.25) is 0 Å². The Kier molecular flexibility index (Phi) is 3.33. The van der Waals surface area contributed by atoms with Crippen LogP contribution in [0.3, 0.4) is 0 Å². The van der Waals surface area contributed by atoms with Crippen molar-refractivity contribution in [3.63, 3.8) is 0 Å². The molecular formula is C14H27NO. The van der Waals surface area contributed by atoms with Crippen molar-refractivity contribution in [1.29, 1.82) is 0 Å². The van der Waals surface area contributed by atoms with Gasteiger partial charge in [-0.1, -0.05) is 39.5 Å². The second kappa shape index (κ2) is 4.30. The molecule has 0 radical (unpaired) electrons. The molecule has 0 amide bonds. The van der Waals surface area contributed by atoms with Crippen LogP contribution in [0.1, 0.15) is 58.8 Å². The SMILES string of the molecule is CC1(C)CCC(CN)(CC2CCCC2)C1O. The van der Waals surface area contributed by atoms with Gasteiger partial charge in [0.05, 0.1) is 6.10 Å². The number of hydrogen-bond acceptors (Lipinski definition) is 2. The van der Waals surface area contributed by atoms with E-state index >= 15 is 0 Å². The van der Waals surface area contributed by atoms with Gasteiger partial charge in [-0.2, -0.15) is 0 Å². The van der Waals surface area contributed by atoms with E-state index in [0.29, 0.717) is 6.54 Å². The van der Waals surface area contributed by atoms with Gasteiger partial charge in [0, 0.05) is 12.0 Å². The molecule has 2 atom stereocenters. The lowest BCUT2D eigenvalue weighted by Crippen LogP contribution is -2.43. The van der Waals surface area contributed by atoms with Crippen LogP contribution in [0.15, 0.2) is 0 Å². The summed E-state index contributed by atoms with van der Waals surface area (Å²) in [6, 6.07) is 0. The van der Waals surface area contributed by atoms with Crippen LogP contribution in [0, 0.1) is 16.7 Å². The van der Waals surface area contributed by atoms with Crippen LogP contribution >= 0.6 is 0 Å². The summed E-state index contributed by atoms with van der Waals surface area (Å²) in [7, 11) is 0. The van der Waals surface area contributed by atoms with Crippen LogP contribution < -0.4 is 5.73 Å². The van der Waals surface area contributed by atoms with Gasteiger partial charge in [0.25, 0.3) is 0 Å². The number of aliphatic hydroxyl groups excluding tert-OH is 1. The highest BCUT2D eigenvalue weighted by atomic mass is 16.3. The maximum atomic E-state index is 10.5. The average molecular weight is 225 g/mol. The first-order valence-electron chi connectivity index (χ1n) is 6.88. The Morgan fingerprint density at radius 1 is 1.19 bits per heavy atom. The van der Waals surface area contributed by atoms with Gasteiger partial charge in [-0.15, -0.1) is 0 Å². The van der Waals surface area contributed by atoms with E-state index in [1.165, 1.54) is 25.7 Å². The Hall–Kier alpha value is -0.0800. The Morgan fingerprint density at radius 3 is 2.25 bits per heavy atom. The number of aliphatic hydroxyl groups is 1. The zero-order valence-corrected chi connectivity index (χ0v) is 10.8. The molecule has 0 aliphatic heterocycles. The van der Waals surface area contributed by atoms with E-state index in [-0.39, 0.29) is 16.9 Å². The third kappa shape index (κ3) is 2.02. The van der Waals surface area contributed by atoms with E-state index in [9.17, 15) is 5.11 Å². The fraction of sp³-hybridized carbons (Fsp3) is 1.00. The highest BCUT2D eigenvalue weighted by Gasteiger charge is 2.51. The maximum Gasteiger partial charge on any atom is 0.0659 e. The number of nitrogens with two attached hydrogens (primary N) is 1. The molecule has 0 bridgehead atoms. The van der Waals surface area contributed by atoms with Gasteiger partial charge in [0.15, 0.2) is 0 Å². The number of rotatable bonds is 3. The minimum Gasteiger partial charge on any atom is -0.392 e. The van der Waals surface area contributed by atoms with Gasteiger partial charge < -0.3 is 10.8 Å². The summed E-state index contributed by atoms with van der Waals surface area (Å²) < 4.78 is 0. The Balaban J connectivity index is 2.07. The molecule has 2 saturated carbocycles. The van der Waals surface area contributed by atoms with Crippen molar-refractivity contribution in [3.05, 3.63) is 0 Å². The molecule has 2 nitrogen and oxygen atoms in total. The van der Waals surface area contributed by atoms with Crippen LogP contribution in [-0.4, -0.2) is 17.8 Å². The minimum absolute atomic E-state index is 0.0263. The lowest BCUT2D eigenvalue weighted by Gasteiger charge is -2.37. The van der Waals surface area contributed by atoms with Crippen molar-refractivity contribution in [3.8, 4) is 0 Å². The van der Waals surface area contributed by atoms with E-state index in [1.54, 1.807) is 0 Å². The molecule has 0 saturated heterocycles. The van der Waals surface area contributed by atoms with Gasteiger partial charge in [-0.05, 0) is 30.6 Å². The minimum atomic E-state index is -0.203. The lowest BCUT2D eigenvalue weighted by atomic mass is 9.72.